The van der Waals surface area contributed by atoms with Crippen LogP contribution in [0.3, 0.4) is 0 Å². The summed E-state index contributed by atoms with van der Waals surface area (Å²) in [5.74, 6) is -0.681. The molecule has 10 heteroatoms. The molecule has 2 aromatic carbocycles. The highest BCUT2D eigenvalue weighted by molar-refractivity contribution is 7.62. The molecule has 0 spiro atoms. The SMILES string of the molecule is CCOP(=O)(OCC)c1ccc2c(O)c(P(=O)(OCC)OCC)ccc2c1O. The predicted molar refractivity (Wildman–Crippen MR) is 108 cm³/mol. The maximum Gasteiger partial charge on any atom is 0.365 e. The first-order valence-corrected chi connectivity index (χ1v) is 12.1. The zero-order chi connectivity index (χ0) is 20.9. The van der Waals surface area contributed by atoms with Crippen LogP contribution in [0.4, 0.5) is 0 Å². The van der Waals surface area contributed by atoms with E-state index in [-0.39, 0.29) is 59.3 Å². The van der Waals surface area contributed by atoms with Crippen molar-refractivity contribution in [1.82, 2.24) is 0 Å². The quantitative estimate of drug-likeness (QED) is 0.542. The van der Waals surface area contributed by atoms with Crippen molar-refractivity contribution in [2.75, 3.05) is 26.4 Å². The van der Waals surface area contributed by atoms with E-state index in [2.05, 4.69) is 0 Å². The van der Waals surface area contributed by atoms with Crippen molar-refractivity contribution in [2.24, 2.45) is 0 Å². The zero-order valence-corrected chi connectivity index (χ0v) is 18.2. The van der Waals surface area contributed by atoms with E-state index >= 15 is 0 Å². The summed E-state index contributed by atoms with van der Waals surface area (Å²) >= 11 is 0. The van der Waals surface area contributed by atoms with Crippen LogP contribution in [0.1, 0.15) is 27.7 Å². The van der Waals surface area contributed by atoms with Crippen LogP contribution in [0.5, 0.6) is 11.5 Å². The average molecular weight is 432 g/mol. The lowest BCUT2D eigenvalue weighted by Gasteiger charge is -2.21. The van der Waals surface area contributed by atoms with Gasteiger partial charge in [-0.15, -0.1) is 0 Å². The highest BCUT2D eigenvalue weighted by Gasteiger charge is 2.34. The lowest BCUT2D eigenvalue weighted by molar-refractivity contribution is 0.228. The Morgan fingerprint density at radius 2 is 0.929 bits per heavy atom. The van der Waals surface area contributed by atoms with Crippen LogP contribution < -0.4 is 10.6 Å². The van der Waals surface area contributed by atoms with Crippen LogP contribution in [-0.2, 0) is 27.2 Å². The molecule has 0 amide bonds. The summed E-state index contributed by atoms with van der Waals surface area (Å²) in [4.78, 5) is 0. The number of hydrogen-bond acceptors (Lipinski definition) is 8. The van der Waals surface area contributed by atoms with E-state index in [4.69, 9.17) is 18.1 Å². The fourth-order valence-corrected chi connectivity index (χ4v) is 6.16. The molecule has 0 heterocycles. The van der Waals surface area contributed by atoms with E-state index in [0.717, 1.165) is 0 Å². The predicted octanol–water partition coefficient (Wildman–Crippen LogP) is 4.03. The fraction of sp³-hybridized carbons (Fsp3) is 0.444. The normalized spacial score (nSPS) is 12.6. The molecule has 0 saturated heterocycles. The van der Waals surface area contributed by atoms with Crippen LogP contribution >= 0.6 is 15.2 Å². The van der Waals surface area contributed by atoms with Gasteiger partial charge in [0.15, 0.2) is 0 Å². The molecule has 0 bridgehead atoms. The molecule has 28 heavy (non-hydrogen) atoms. The second kappa shape index (κ2) is 9.40. The molecule has 2 aromatic rings. The van der Waals surface area contributed by atoms with E-state index in [1.54, 1.807) is 27.7 Å². The molecular formula is C18H26O8P2. The van der Waals surface area contributed by atoms with Gasteiger partial charge in [0.25, 0.3) is 0 Å². The summed E-state index contributed by atoms with van der Waals surface area (Å²) in [5, 5.41) is 21.8. The van der Waals surface area contributed by atoms with Crippen LogP contribution in [-0.4, -0.2) is 36.6 Å². The fourth-order valence-electron chi connectivity index (χ4n) is 2.83. The van der Waals surface area contributed by atoms with Gasteiger partial charge < -0.3 is 28.3 Å². The third-order valence-electron chi connectivity index (χ3n) is 3.89. The largest absolute Gasteiger partial charge is 0.506 e. The molecule has 8 nitrogen and oxygen atoms in total. The molecule has 0 aromatic heterocycles. The average Bonchev–Trinajstić information content (AvgIpc) is 2.63. The smallest absolute Gasteiger partial charge is 0.365 e. The van der Waals surface area contributed by atoms with Crippen molar-refractivity contribution < 1.29 is 37.4 Å². The van der Waals surface area contributed by atoms with Crippen molar-refractivity contribution in [2.45, 2.75) is 27.7 Å². The molecule has 0 aliphatic carbocycles. The molecule has 0 aliphatic heterocycles. The number of fused-ring (bicyclic) bond motifs is 1. The van der Waals surface area contributed by atoms with Gasteiger partial charge in [0.2, 0.25) is 0 Å². The monoisotopic (exact) mass is 432 g/mol. The van der Waals surface area contributed by atoms with Crippen LogP contribution in [0.15, 0.2) is 24.3 Å². The molecule has 0 aliphatic rings. The second-order valence-corrected chi connectivity index (χ2v) is 9.61. The summed E-state index contributed by atoms with van der Waals surface area (Å²) in [6.45, 7) is 7.19. The Kier molecular flexibility index (Phi) is 7.68. The summed E-state index contributed by atoms with van der Waals surface area (Å²) in [6.07, 6.45) is 0. The molecule has 2 N–H and O–H groups in total. The van der Waals surface area contributed by atoms with Crippen LogP contribution in [0.25, 0.3) is 10.8 Å². The van der Waals surface area contributed by atoms with Gasteiger partial charge in [-0.05, 0) is 52.0 Å². The van der Waals surface area contributed by atoms with Gasteiger partial charge in [-0.3, -0.25) is 9.13 Å². The first-order valence-electron chi connectivity index (χ1n) is 9.04. The van der Waals surface area contributed by atoms with E-state index in [0.29, 0.717) is 0 Å². The van der Waals surface area contributed by atoms with E-state index in [1.807, 2.05) is 0 Å². The van der Waals surface area contributed by atoms with Gasteiger partial charge >= 0.3 is 15.2 Å². The standard InChI is InChI=1S/C18H26O8P2/c1-5-23-27(21,24-6-2)15-11-9-14-13(17(15)19)10-12-16(18(14)20)28(22,25-7-3)26-8-4/h9-12,19-20H,5-8H2,1-4H3. The van der Waals surface area contributed by atoms with Crippen molar-refractivity contribution in [3.8, 4) is 11.5 Å². The third kappa shape index (κ3) is 4.28. The summed E-state index contributed by atoms with van der Waals surface area (Å²) in [5.41, 5.74) is 0. The molecular weight excluding hydrogens is 406 g/mol. The van der Waals surface area contributed by atoms with Crippen LogP contribution in [0.2, 0.25) is 0 Å². The maximum absolute atomic E-state index is 13.0. The molecule has 0 fully saturated rings. The Bertz CT molecular complexity index is 832. The molecule has 0 atom stereocenters. The summed E-state index contributed by atoms with van der Waals surface area (Å²) < 4.78 is 47.2. The third-order valence-corrected chi connectivity index (χ3v) is 8.18. The summed E-state index contributed by atoms with van der Waals surface area (Å²) in [7, 11) is -7.46. The second-order valence-electron chi connectivity index (χ2n) is 5.63. The highest BCUT2D eigenvalue weighted by atomic mass is 31.2. The van der Waals surface area contributed by atoms with Gasteiger partial charge in [-0.2, -0.15) is 0 Å². The van der Waals surface area contributed by atoms with Gasteiger partial charge in [0.05, 0.1) is 26.4 Å². The number of benzene rings is 2. The minimum atomic E-state index is -3.73. The molecule has 0 unspecified atom stereocenters. The van der Waals surface area contributed by atoms with Crippen LogP contribution in [0, 0.1) is 0 Å². The Morgan fingerprint density at radius 3 is 1.18 bits per heavy atom. The van der Waals surface area contributed by atoms with Gasteiger partial charge in [-0.1, -0.05) is 0 Å². The van der Waals surface area contributed by atoms with Gasteiger partial charge in [0, 0.05) is 10.8 Å². The first kappa shape index (κ1) is 22.9. The number of hydrogen-bond donors (Lipinski definition) is 2. The van der Waals surface area contributed by atoms with Gasteiger partial charge in [0.1, 0.15) is 22.1 Å². The minimum absolute atomic E-state index is 0.00588. The van der Waals surface area contributed by atoms with Crippen molar-refractivity contribution >= 4 is 36.6 Å². The molecule has 0 saturated carbocycles. The number of phenols is 2. The van der Waals surface area contributed by atoms with E-state index in [1.165, 1.54) is 24.3 Å². The Labute approximate surface area is 164 Å². The Hall–Kier alpha value is -1.40. The van der Waals surface area contributed by atoms with Crippen molar-refractivity contribution in [1.29, 1.82) is 0 Å². The molecule has 0 radical (unpaired) electrons. The highest BCUT2D eigenvalue weighted by Crippen LogP contribution is 2.53. The number of aromatic hydroxyl groups is 2. The van der Waals surface area contributed by atoms with Gasteiger partial charge in [-0.25, -0.2) is 0 Å². The van der Waals surface area contributed by atoms with E-state index < -0.39 is 15.2 Å². The van der Waals surface area contributed by atoms with E-state index in [9.17, 15) is 19.3 Å². The number of phenolic OH excluding ortho intramolecular Hbond substituents is 2. The maximum atomic E-state index is 13.0. The van der Waals surface area contributed by atoms with Crippen molar-refractivity contribution in [3.63, 3.8) is 0 Å². The molecule has 2 rings (SSSR count). The number of rotatable bonds is 10. The Morgan fingerprint density at radius 1 is 0.643 bits per heavy atom. The Balaban J connectivity index is 2.68. The lowest BCUT2D eigenvalue weighted by atomic mass is 10.1. The topological polar surface area (TPSA) is 112 Å². The minimum Gasteiger partial charge on any atom is -0.506 e. The molecule has 156 valence electrons. The van der Waals surface area contributed by atoms with Crippen molar-refractivity contribution in [3.05, 3.63) is 24.3 Å². The lowest BCUT2D eigenvalue weighted by Crippen LogP contribution is -2.14. The summed E-state index contributed by atoms with van der Waals surface area (Å²) in [6, 6.07) is 5.63. The zero-order valence-electron chi connectivity index (χ0n) is 16.4. The first-order chi connectivity index (χ1) is 13.3.